The van der Waals surface area contributed by atoms with Crippen molar-refractivity contribution in [3.05, 3.63) is 12.7 Å². The number of ether oxygens (including phenoxy) is 12. The Balaban J connectivity index is 3.09. The fraction of sp³-hybridized carbons (Fsp3) is 0.871. The Morgan fingerprint density at radius 2 is 0.689 bits per heavy atom. The van der Waals surface area contributed by atoms with Gasteiger partial charge in [-0.05, 0) is 6.42 Å². The van der Waals surface area contributed by atoms with Crippen LogP contribution in [0.3, 0.4) is 0 Å². The number of carbonyl (C=O) groups excluding carboxylic acids is 2. The Morgan fingerprint density at radius 1 is 0.422 bits per heavy atom. The van der Waals surface area contributed by atoms with Gasteiger partial charge in [-0.3, -0.25) is 4.79 Å². The summed E-state index contributed by atoms with van der Waals surface area (Å²) in [5, 5.41) is 0. The topological polar surface area (TPSA) is 145 Å². The van der Waals surface area contributed by atoms with E-state index in [0.717, 1.165) is 25.3 Å². The lowest BCUT2D eigenvalue weighted by atomic mass is 10.2. The number of hydrogen-bond donors (Lipinski definition) is 0. The molecule has 14 heteroatoms. The average molecular weight is 655 g/mol. The summed E-state index contributed by atoms with van der Waals surface area (Å²) in [6, 6.07) is 0. The Morgan fingerprint density at radius 3 is 0.956 bits per heavy atom. The fourth-order valence-corrected chi connectivity index (χ4v) is 3.15. The molecule has 0 aromatic heterocycles. The summed E-state index contributed by atoms with van der Waals surface area (Å²) in [5.74, 6) is -0.625. The Bertz CT molecular complexity index is 637. The quantitative estimate of drug-likeness (QED) is 0.0544. The zero-order valence-corrected chi connectivity index (χ0v) is 27.4. The van der Waals surface area contributed by atoms with Gasteiger partial charge in [-0.1, -0.05) is 26.3 Å². The van der Waals surface area contributed by atoms with Crippen LogP contribution in [-0.2, 0) is 66.4 Å². The van der Waals surface area contributed by atoms with E-state index >= 15 is 0 Å². The van der Waals surface area contributed by atoms with Crippen molar-refractivity contribution in [1.29, 1.82) is 0 Å². The van der Waals surface area contributed by atoms with Crippen molar-refractivity contribution in [2.45, 2.75) is 32.6 Å². The molecule has 0 saturated carbocycles. The van der Waals surface area contributed by atoms with Gasteiger partial charge in [0.2, 0.25) is 0 Å². The molecule has 0 rings (SSSR count). The highest BCUT2D eigenvalue weighted by Crippen LogP contribution is 2.00. The molecule has 0 spiro atoms. The molecule has 0 bridgehead atoms. The van der Waals surface area contributed by atoms with Gasteiger partial charge in [0.25, 0.3) is 0 Å². The van der Waals surface area contributed by atoms with Crippen molar-refractivity contribution in [2.24, 2.45) is 0 Å². The predicted molar refractivity (Wildman–Crippen MR) is 164 cm³/mol. The van der Waals surface area contributed by atoms with Gasteiger partial charge in [0, 0.05) is 12.5 Å². The molecular weight excluding hydrogens is 596 g/mol. The number of carbonyl (C=O) groups is 2. The summed E-state index contributed by atoms with van der Waals surface area (Å²) >= 11 is 0. The van der Waals surface area contributed by atoms with E-state index in [1.165, 1.54) is 0 Å². The number of esters is 2. The van der Waals surface area contributed by atoms with Gasteiger partial charge < -0.3 is 56.8 Å². The van der Waals surface area contributed by atoms with Crippen LogP contribution in [0.4, 0.5) is 0 Å². The van der Waals surface area contributed by atoms with Crippen molar-refractivity contribution < 1.29 is 66.4 Å². The van der Waals surface area contributed by atoms with Gasteiger partial charge in [-0.25, -0.2) is 4.79 Å². The van der Waals surface area contributed by atoms with Crippen molar-refractivity contribution in [1.82, 2.24) is 0 Å². The van der Waals surface area contributed by atoms with Crippen LogP contribution in [0.15, 0.2) is 12.7 Å². The van der Waals surface area contributed by atoms with Crippen LogP contribution in [0.2, 0.25) is 0 Å². The van der Waals surface area contributed by atoms with E-state index in [9.17, 15) is 9.59 Å². The van der Waals surface area contributed by atoms with E-state index in [-0.39, 0.29) is 19.2 Å². The fourth-order valence-electron chi connectivity index (χ4n) is 3.15. The van der Waals surface area contributed by atoms with Gasteiger partial charge in [0.05, 0.1) is 132 Å². The number of unbranched alkanes of at least 4 members (excludes halogenated alkanes) is 2. The van der Waals surface area contributed by atoms with Crippen molar-refractivity contribution >= 4 is 11.9 Å². The highest BCUT2D eigenvalue weighted by Gasteiger charge is 2.02. The lowest BCUT2D eigenvalue weighted by Crippen LogP contribution is -2.15. The molecule has 0 aromatic carbocycles. The molecule has 0 unspecified atom stereocenters. The molecule has 0 N–H and O–H groups in total. The molecule has 0 saturated heterocycles. The second kappa shape index (κ2) is 38.5. The molecule has 0 aromatic rings. The minimum Gasteiger partial charge on any atom is -0.463 e. The maximum atomic E-state index is 11.4. The maximum absolute atomic E-state index is 11.4. The third kappa shape index (κ3) is 38.4. The first-order valence-corrected chi connectivity index (χ1v) is 15.9. The van der Waals surface area contributed by atoms with Crippen molar-refractivity contribution in [3.63, 3.8) is 0 Å². The second-order valence-corrected chi connectivity index (χ2v) is 9.17. The summed E-state index contributed by atoms with van der Waals surface area (Å²) in [4.78, 5) is 22.3. The molecule has 0 aliphatic rings. The van der Waals surface area contributed by atoms with E-state index in [1.54, 1.807) is 0 Å². The van der Waals surface area contributed by atoms with Crippen LogP contribution in [0.5, 0.6) is 0 Å². The average Bonchev–Trinajstić information content (AvgIpc) is 3.04. The van der Waals surface area contributed by atoms with E-state index in [2.05, 4.69) is 13.5 Å². The lowest BCUT2D eigenvalue weighted by Gasteiger charge is -2.09. The molecule has 0 atom stereocenters. The first-order chi connectivity index (χ1) is 22.2. The van der Waals surface area contributed by atoms with Crippen LogP contribution >= 0.6 is 0 Å². The highest BCUT2D eigenvalue weighted by atomic mass is 16.6. The van der Waals surface area contributed by atoms with E-state index in [4.69, 9.17) is 56.8 Å². The highest BCUT2D eigenvalue weighted by molar-refractivity contribution is 5.81. The first-order valence-electron chi connectivity index (χ1n) is 15.9. The maximum Gasteiger partial charge on any atom is 0.330 e. The molecule has 0 heterocycles. The van der Waals surface area contributed by atoms with Gasteiger partial charge in [-0.15, -0.1) is 0 Å². The van der Waals surface area contributed by atoms with Crippen LogP contribution < -0.4 is 0 Å². The third-order valence-electron chi connectivity index (χ3n) is 5.46. The van der Waals surface area contributed by atoms with Crippen LogP contribution in [0, 0.1) is 0 Å². The summed E-state index contributed by atoms with van der Waals surface area (Å²) in [6.45, 7) is 15.1. The zero-order chi connectivity index (χ0) is 32.7. The standard InChI is InChI=1S/C31H58O14/c1-3-5-6-7-31(33)45-29-27-43-25-23-41-21-19-39-17-15-37-13-11-35-9-8-34-10-12-36-14-16-38-18-20-40-22-24-42-26-28-44-30(32)4-2/h4H,2-3,5-29H2,1H3. The van der Waals surface area contributed by atoms with Gasteiger partial charge in [0.15, 0.2) is 0 Å². The Hall–Kier alpha value is -1.72. The molecule has 0 aliphatic carbocycles. The minimum atomic E-state index is -0.462. The number of rotatable bonds is 38. The van der Waals surface area contributed by atoms with Crippen molar-refractivity contribution in [2.75, 3.05) is 145 Å². The molecule has 14 nitrogen and oxygen atoms in total. The van der Waals surface area contributed by atoms with Crippen molar-refractivity contribution in [3.8, 4) is 0 Å². The predicted octanol–water partition coefficient (Wildman–Crippen LogP) is 2.01. The molecule has 45 heavy (non-hydrogen) atoms. The Labute approximate surface area is 269 Å². The molecule has 0 amide bonds. The largest absolute Gasteiger partial charge is 0.463 e. The number of hydrogen-bond acceptors (Lipinski definition) is 14. The molecule has 0 fully saturated rings. The third-order valence-corrected chi connectivity index (χ3v) is 5.46. The summed E-state index contributed by atoms with van der Waals surface area (Å²) in [5.41, 5.74) is 0. The molecule has 266 valence electrons. The summed E-state index contributed by atoms with van der Waals surface area (Å²) in [7, 11) is 0. The smallest absolute Gasteiger partial charge is 0.330 e. The monoisotopic (exact) mass is 654 g/mol. The Kier molecular flexibility index (Phi) is 37.0. The van der Waals surface area contributed by atoms with Gasteiger partial charge >= 0.3 is 11.9 Å². The molecular formula is C31H58O14. The van der Waals surface area contributed by atoms with E-state index in [0.29, 0.717) is 139 Å². The molecule has 0 aliphatic heterocycles. The van der Waals surface area contributed by atoms with Crippen LogP contribution in [-0.4, -0.2) is 157 Å². The van der Waals surface area contributed by atoms with Gasteiger partial charge in [0.1, 0.15) is 13.2 Å². The molecule has 0 radical (unpaired) electrons. The normalized spacial score (nSPS) is 11.1. The second-order valence-electron chi connectivity index (χ2n) is 9.17. The first kappa shape index (κ1) is 43.3. The zero-order valence-electron chi connectivity index (χ0n) is 27.4. The summed E-state index contributed by atoms with van der Waals surface area (Å²) in [6.07, 6.45) is 4.59. The van der Waals surface area contributed by atoms with Crippen LogP contribution in [0.25, 0.3) is 0 Å². The minimum absolute atomic E-state index is 0.164. The van der Waals surface area contributed by atoms with Crippen LogP contribution in [0.1, 0.15) is 32.6 Å². The van der Waals surface area contributed by atoms with E-state index < -0.39 is 5.97 Å². The summed E-state index contributed by atoms with van der Waals surface area (Å²) < 4.78 is 64.0. The van der Waals surface area contributed by atoms with Gasteiger partial charge in [-0.2, -0.15) is 0 Å². The van der Waals surface area contributed by atoms with E-state index in [1.807, 2.05) is 0 Å². The SMILES string of the molecule is C=CC(=O)OCCOCCOCCOCCOCCOCCOCCOCCOCCOCCOCCOC(=O)CCCCC. The lowest BCUT2D eigenvalue weighted by molar-refractivity contribution is -0.145.